The monoisotopic (exact) mass is 965 g/mol. The second-order valence-electron chi connectivity index (χ2n) is 19.7. The van der Waals surface area contributed by atoms with Gasteiger partial charge in [0.2, 0.25) is 35.4 Å². The van der Waals surface area contributed by atoms with Gasteiger partial charge in [0.15, 0.2) is 5.54 Å². The average molecular weight is 965 g/mol. The molecule has 14 N–H and O–H groups in total. The molecule has 0 aliphatic carbocycles. The number of rotatable bonds is 17. The van der Waals surface area contributed by atoms with Gasteiger partial charge in [-0.05, 0) is 103 Å². The standard InChI is InChI=1S/C45H68N14O10/c1-2-68-37(66)45(14-21-52-29-45)58-35(64)43(12-19-50-27-43)56-33(62)41(10-17-48-25-41)54-31(60)39(8-15-46-23-39)53-32(61)40(9-16-47-24-40)55-34(63)42(11-18-49-26-42)57-36(65)44(13-20-51-28-44)59-38(67)69-22-30-6-4-3-5-7-30/h3-7,46-52H,2,8-29H2,1H3,(H,53,61)(H,54,60)(H,55,63)(H,56,62)(H,57,65)(H,58,64)(H,59,67)/t39-,40-,41-,42-,43-,44-,45-/m0/s1. The molecule has 7 fully saturated rings. The number of hydrogen-bond donors (Lipinski definition) is 14. The molecule has 24 heteroatoms. The number of carbonyl (C=O) groups is 8. The molecule has 7 aliphatic rings. The third kappa shape index (κ3) is 10.1. The Morgan fingerprint density at radius 1 is 0.406 bits per heavy atom. The van der Waals surface area contributed by atoms with Crippen molar-refractivity contribution in [3.05, 3.63) is 35.9 Å². The van der Waals surface area contributed by atoms with Crippen molar-refractivity contribution < 1.29 is 47.8 Å². The molecule has 0 radical (unpaired) electrons. The number of nitrogens with one attached hydrogen (secondary N) is 14. The fraction of sp³-hybridized carbons (Fsp3) is 0.689. The van der Waals surface area contributed by atoms with Crippen LogP contribution < -0.4 is 74.4 Å². The topological polar surface area (TPSA) is 323 Å². The molecule has 0 saturated carbocycles. The zero-order chi connectivity index (χ0) is 48.8. The minimum Gasteiger partial charge on any atom is -0.464 e. The van der Waals surface area contributed by atoms with E-state index in [4.69, 9.17) is 9.47 Å². The van der Waals surface area contributed by atoms with Crippen LogP contribution in [0.1, 0.15) is 57.4 Å². The van der Waals surface area contributed by atoms with Crippen molar-refractivity contribution in [2.45, 2.75) is 97.2 Å². The van der Waals surface area contributed by atoms with E-state index in [-0.39, 0.29) is 97.6 Å². The van der Waals surface area contributed by atoms with Crippen LogP contribution >= 0.6 is 0 Å². The maximum absolute atomic E-state index is 14.8. The first-order valence-electron chi connectivity index (χ1n) is 24.2. The Labute approximate surface area is 400 Å². The molecule has 7 saturated heterocycles. The molecule has 7 heterocycles. The molecule has 0 spiro atoms. The van der Waals surface area contributed by atoms with Gasteiger partial charge < -0.3 is 83.9 Å². The van der Waals surface area contributed by atoms with E-state index in [2.05, 4.69) is 74.4 Å². The zero-order valence-electron chi connectivity index (χ0n) is 39.2. The largest absolute Gasteiger partial charge is 0.464 e. The van der Waals surface area contributed by atoms with Gasteiger partial charge in [0.1, 0.15) is 39.8 Å². The van der Waals surface area contributed by atoms with E-state index < -0.39 is 86.3 Å². The molecule has 7 amide bonds. The van der Waals surface area contributed by atoms with Gasteiger partial charge in [-0.1, -0.05) is 30.3 Å². The van der Waals surface area contributed by atoms with Crippen molar-refractivity contribution >= 4 is 47.5 Å². The van der Waals surface area contributed by atoms with Crippen LogP contribution in [-0.2, 0) is 49.6 Å². The zero-order valence-corrected chi connectivity index (χ0v) is 39.2. The van der Waals surface area contributed by atoms with Crippen LogP contribution in [0.2, 0.25) is 0 Å². The summed E-state index contributed by atoms with van der Waals surface area (Å²) in [5.74, 6) is -4.15. The van der Waals surface area contributed by atoms with E-state index in [1.54, 1.807) is 6.92 Å². The lowest BCUT2D eigenvalue weighted by atomic mass is 9.87. The summed E-state index contributed by atoms with van der Waals surface area (Å²) in [6.07, 6.45) is 0.671. The summed E-state index contributed by atoms with van der Waals surface area (Å²) in [4.78, 5) is 114. The quantitative estimate of drug-likeness (QED) is 0.0647. The second-order valence-corrected chi connectivity index (χ2v) is 19.7. The van der Waals surface area contributed by atoms with E-state index >= 15 is 0 Å². The van der Waals surface area contributed by atoms with Crippen LogP contribution in [0, 0.1) is 0 Å². The van der Waals surface area contributed by atoms with Crippen molar-refractivity contribution in [2.75, 3.05) is 98.2 Å². The Morgan fingerprint density at radius 3 is 0.957 bits per heavy atom. The molecule has 0 aromatic heterocycles. The first-order valence-corrected chi connectivity index (χ1v) is 24.2. The Bertz CT molecular complexity index is 2100. The van der Waals surface area contributed by atoms with Crippen molar-refractivity contribution in [2.24, 2.45) is 0 Å². The van der Waals surface area contributed by atoms with E-state index in [0.717, 1.165) is 5.56 Å². The summed E-state index contributed by atoms with van der Waals surface area (Å²) in [5.41, 5.74) is -9.55. The third-order valence-corrected chi connectivity index (χ3v) is 15.0. The molecule has 0 unspecified atom stereocenters. The highest BCUT2D eigenvalue weighted by Gasteiger charge is 2.57. The van der Waals surface area contributed by atoms with Crippen molar-refractivity contribution in [1.29, 1.82) is 0 Å². The SMILES string of the molecule is CCOC(=O)[C@]1(NC(=O)[C@]2(NC(=O)[C@]3(NC(=O)[C@]4(NC(=O)[C@]5(NC(=O)[C@]6(NC(=O)[C@]7(NC(=O)OCc8ccccc8)CCNC7)CCNC6)CCNC5)CCNC4)CCNC3)CCNC2)CCNC1. The number of esters is 1. The molecule has 8 rings (SSSR count). The lowest BCUT2D eigenvalue weighted by Gasteiger charge is -2.40. The Morgan fingerprint density at radius 2 is 0.681 bits per heavy atom. The van der Waals surface area contributed by atoms with Crippen molar-refractivity contribution in [3.63, 3.8) is 0 Å². The molecule has 378 valence electrons. The summed E-state index contributed by atoms with van der Waals surface area (Å²) in [7, 11) is 0. The van der Waals surface area contributed by atoms with Crippen LogP contribution in [0.4, 0.5) is 4.79 Å². The molecule has 7 aliphatic heterocycles. The Kier molecular flexibility index (Phi) is 14.8. The van der Waals surface area contributed by atoms with Crippen LogP contribution in [0.25, 0.3) is 0 Å². The summed E-state index contributed by atoms with van der Waals surface area (Å²) < 4.78 is 10.8. The number of hydrogen-bond acceptors (Lipinski definition) is 17. The minimum absolute atomic E-state index is 0.00290. The highest BCUT2D eigenvalue weighted by molar-refractivity contribution is 6.04. The van der Waals surface area contributed by atoms with Crippen LogP contribution in [0.15, 0.2) is 30.3 Å². The lowest BCUT2D eigenvalue weighted by Crippen LogP contribution is -2.74. The second kappa shape index (κ2) is 20.5. The van der Waals surface area contributed by atoms with E-state index in [1.807, 2.05) is 30.3 Å². The maximum Gasteiger partial charge on any atom is 0.408 e. The number of ether oxygens (including phenoxy) is 2. The lowest BCUT2D eigenvalue weighted by molar-refractivity contribution is -0.153. The van der Waals surface area contributed by atoms with Crippen LogP contribution in [-0.4, -0.2) is 185 Å². The fourth-order valence-corrected chi connectivity index (χ4v) is 10.6. The smallest absolute Gasteiger partial charge is 0.408 e. The number of carbonyl (C=O) groups excluding carboxylic acids is 8. The average Bonchev–Trinajstić information content (AvgIpc) is 4.19. The van der Waals surface area contributed by atoms with Crippen molar-refractivity contribution in [1.82, 2.24) is 74.4 Å². The molecular formula is C45H68N14O10. The van der Waals surface area contributed by atoms with Gasteiger partial charge in [-0.3, -0.25) is 28.8 Å². The van der Waals surface area contributed by atoms with E-state index in [0.29, 0.717) is 52.2 Å². The van der Waals surface area contributed by atoms with Crippen LogP contribution in [0.5, 0.6) is 0 Å². The Hall–Kier alpha value is -5.50. The summed E-state index contributed by atoms with van der Waals surface area (Å²) in [6.45, 7) is 5.12. The number of alkyl carbamates (subject to hydrolysis) is 1. The van der Waals surface area contributed by atoms with E-state index in [1.165, 1.54) is 0 Å². The predicted octanol–water partition coefficient (Wildman–Crippen LogP) is -5.70. The molecule has 69 heavy (non-hydrogen) atoms. The third-order valence-electron chi connectivity index (χ3n) is 15.0. The normalized spacial score (nSPS) is 33.8. The summed E-state index contributed by atoms with van der Waals surface area (Å²) >= 11 is 0. The van der Waals surface area contributed by atoms with Gasteiger partial charge in [0.05, 0.1) is 6.61 Å². The minimum atomic E-state index is -1.55. The molecule has 1 aromatic carbocycles. The maximum atomic E-state index is 14.8. The molecule has 24 nitrogen and oxygen atoms in total. The fourth-order valence-electron chi connectivity index (χ4n) is 10.6. The van der Waals surface area contributed by atoms with Gasteiger partial charge in [0.25, 0.3) is 0 Å². The number of benzene rings is 1. The molecule has 0 bridgehead atoms. The van der Waals surface area contributed by atoms with Gasteiger partial charge in [-0.15, -0.1) is 0 Å². The highest BCUT2D eigenvalue weighted by atomic mass is 16.5. The van der Waals surface area contributed by atoms with Gasteiger partial charge in [0, 0.05) is 45.8 Å². The molecule has 7 atom stereocenters. The predicted molar refractivity (Wildman–Crippen MR) is 247 cm³/mol. The van der Waals surface area contributed by atoms with Crippen LogP contribution in [0.3, 0.4) is 0 Å². The first kappa shape index (κ1) is 49.9. The van der Waals surface area contributed by atoms with E-state index in [9.17, 15) is 38.4 Å². The summed E-state index contributed by atoms with van der Waals surface area (Å²) in [6, 6.07) is 9.13. The number of amides is 7. The van der Waals surface area contributed by atoms with Gasteiger partial charge >= 0.3 is 12.1 Å². The van der Waals surface area contributed by atoms with Gasteiger partial charge in [-0.2, -0.15) is 0 Å². The molecular weight excluding hydrogens is 897 g/mol. The summed E-state index contributed by atoms with van der Waals surface area (Å²) in [5, 5.41) is 42.7. The van der Waals surface area contributed by atoms with Crippen molar-refractivity contribution in [3.8, 4) is 0 Å². The molecule has 1 aromatic rings. The van der Waals surface area contributed by atoms with Gasteiger partial charge in [-0.25, -0.2) is 9.59 Å². The Balaban J connectivity index is 0.955. The highest BCUT2D eigenvalue weighted by Crippen LogP contribution is 2.28. The first-order chi connectivity index (χ1) is 33.2.